The van der Waals surface area contributed by atoms with Crippen molar-refractivity contribution in [1.82, 2.24) is 5.32 Å². The summed E-state index contributed by atoms with van der Waals surface area (Å²) in [6.45, 7) is 3.69. The van der Waals surface area contributed by atoms with Crippen LogP contribution in [0.2, 0.25) is 5.02 Å². The van der Waals surface area contributed by atoms with Gasteiger partial charge in [0.25, 0.3) is 5.91 Å². The maximum Gasteiger partial charge on any atom is 0.253 e. The quantitative estimate of drug-likeness (QED) is 0.715. The van der Waals surface area contributed by atoms with E-state index in [1.54, 1.807) is 25.1 Å². The Hall–Kier alpha value is -1.59. The number of nitrogens with one attached hydrogen (secondary N) is 2. The molecule has 2 amide bonds. The van der Waals surface area contributed by atoms with E-state index < -0.39 is 5.54 Å². The van der Waals surface area contributed by atoms with Crippen molar-refractivity contribution in [2.24, 2.45) is 5.73 Å². The Bertz CT molecular complexity index is 625. The van der Waals surface area contributed by atoms with Crippen molar-refractivity contribution < 1.29 is 9.59 Å². The van der Waals surface area contributed by atoms with Crippen LogP contribution in [0.4, 0.5) is 5.69 Å². The molecule has 0 heterocycles. The Kier molecular flexibility index (Phi) is 6.85. The zero-order chi connectivity index (χ0) is 18.4. The molecule has 0 spiro atoms. The Labute approximate surface area is 154 Å². The highest BCUT2D eigenvalue weighted by Crippen LogP contribution is 2.23. The van der Waals surface area contributed by atoms with E-state index >= 15 is 0 Å². The number of benzene rings is 1. The molecule has 4 N–H and O–H groups in total. The van der Waals surface area contributed by atoms with Crippen LogP contribution in [-0.4, -0.2) is 23.4 Å². The summed E-state index contributed by atoms with van der Waals surface area (Å²) in [4.78, 5) is 24.9. The number of carbonyl (C=O) groups excluding carboxylic acids is 2. The first-order valence-corrected chi connectivity index (χ1v) is 9.42. The highest BCUT2D eigenvalue weighted by atomic mass is 35.5. The van der Waals surface area contributed by atoms with Gasteiger partial charge in [0.1, 0.15) is 0 Å². The zero-order valence-corrected chi connectivity index (χ0v) is 15.8. The highest BCUT2D eigenvalue weighted by molar-refractivity contribution is 6.34. The maximum atomic E-state index is 12.5. The van der Waals surface area contributed by atoms with Crippen LogP contribution in [0.5, 0.6) is 0 Å². The molecule has 0 radical (unpaired) electrons. The molecule has 2 rings (SSSR count). The zero-order valence-electron chi connectivity index (χ0n) is 15.0. The van der Waals surface area contributed by atoms with E-state index in [4.69, 9.17) is 17.3 Å². The molecule has 1 unspecified atom stereocenters. The average Bonchev–Trinajstić information content (AvgIpc) is 2.57. The van der Waals surface area contributed by atoms with Gasteiger partial charge in [-0.1, -0.05) is 44.2 Å². The Morgan fingerprint density at radius 2 is 1.96 bits per heavy atom. The highest BCUT2D eigenvalue weighted by Gasteiger charge is 2.27. The molecule has 1 fully saturated rings. The minimum Gasteiger partial charge on any atom is -0.349 e. The number of anilines is 1. The van der Waals surface area contributed by atoms with Crippen molar-refractivity contribution in [3.63, 3.8) is 0 Å². The number of rotatable bonds is 6. The van der Waals surface area contributed by atoms with Gasteiger partial charge >= 0.3 is 0 Å². The van der Waals surface area contributed by atoms with Gasteiger partial charge in [0.05, 0.1) is 16.1 Å². The van der Waals surface area contributed by atoms with E-state index in [1.807, 2.05) is 6.92 Å². The van der Waals surface area contributed by atoms with Gasteiger partial charge in [0, 0.05) is 11.7 Å². The molecule has 25 heavy (non-hydrogen) atoms. The lowest BCUT2D eigenvalue weighted by molar-refractivity contribution is -0.120. The summed E-state index contributed by atoms with van der Waals surface area (Å²) >= 11 is 6.19. The topological polar surface area (TPSA) is 84.2 Å². The standard InChI is InChI=1S/C19H28ClN3O2/c1-3-11-19(2,21)18(25)23-14-9-10-16(20)15(12-14)17(24)22-13-7-5-4-6-8-13/h9-10,12-13H,3-8,11,21H2,1-2H3,(H,22,24)(H,23,25). The molecule has 1 atom stereocenters. The van der Waals surface area contributed by atoms with Gasteiger partial charge in [-0.05, 0) is 44.4 Å². The molecule has 0 saturated heterocycles. The number of nitrogens with two attached hydrogens (primary N) is 1. The third-order valence-electron chi connectivity index (χ3n) is 4.70. The third kappa shape index (κ3) is 5.44. The predicted molar refractivity (Wildman–Crippen MR) is 102 cm³/mol. The lowest BCUT2D eigenvalue weighted by Crippen LogP contribution is -2.48. The van der Waals surface area contributed by atoms with Crippen LogP contribution >= 0.6 is 11.6 Å². The summed E-state index contributed by atoms with van der Waals surface area (Å²) in [5.74, 6) is -0.465. The van der Waals surface area contributed by atoms with Crippen molar-refractivity contribution in [2.45, 2.75) is 70.4 Å². The molecule has 1 saturated carbocycles. The number of hydrogen-bond acceptors (Lipinski definition) is 3. The summed E-state index contributed by atoms with van der Waals surface area (Å²) in [5.41, 5.74) is 6.01. The van der Waals surface area contributed by atoms with Crippen molar-refractivity contribution in [1.29, 1.82) is 0 Å². The van der Waals surface area contributed by atoms with E-state index in [-0.39, 0.29) is 17.9 Å². The summed E-state index contributed by atoms with van der Waals surface area (Å²) in [5, 5.41) is 6.21. The minimum atomic E-state index is -0.946. The number of halogens is 1. The van der Waals surface area contributed by atoms with Crippen molar-refractivity contribution >= 4 is 29.1 Å². The molecule has 5 nitrogen and oxygen atoms in total. The predicted octanol–water partition coefficient (Wildman–Crippen LogP) is 3.86. The van der Waals surface area contributed by atoms with Gasteiger partial charge in [0.2, 0.25) is 5.91 Å². The van der Waals surface area contributed by atoms with Gasteiger partial charge in [-0.15, -0.1) is 0 Å². The number of carbonyl (C=O) groups is 2. The molecule has 0 aliphatic heterocycles. The Morgan fingerprint density at radius 1 is 1.28 bits per heavy atom. The number of amides is 2. The van der Waals surface area contributed by atoms with Crippen LogP contribution in [0.3, 0.4) is 0 Å². The van der Waals surface area contributed by atoms with Crippen LogP contribution in [-0.2, 0) is 4.79 Å². The molecule has 1 aliphatic rings. The molecule has 1 aromatic carbocycles. The second-order valence-corrected chi connectivity index (χ2v) is 7.53. The fourth-order valence-corrected chi connectivity index (χ4v) is 3.40. The smallest absolute Gasteiger partial charge is 0.253 e. The molecule has 138 valence electrons. The molecule has 1 aliphatic carbocycles. The summed E-state index contributed by atoms with van der Waals surface area (Å²) in [6.07, 6.45) is 6.91. The molecular weight excluding hydrogens is 338 g/mol. The third-order valence-corrected chi connectivity index (χ3v) is 5.03. The molecule has 0 bridgehead atoms. The fraction of sp³-hybridized carbons (Fsp3) is 0.579. The second kappa shape index (κ2) is 8.68. The normalized spacial score (nSPS) is 17.6. The van der Waals surface area contributed by atoms with Gasteiger partial charge in [0.15, 0.2) is 0 Å². The Morgan fingerprint density at radius 3 is 2.60 bits per heavy atom. The van der Waals surface area contributed by atoms with Gasteiger partial charge < -0.3 is 16.4 Å². The van der Waals surface area contributed by atoms with Gasteiger partial charge in [-0.25, -0.2) is 0 Å². The maximum absolute atomic E-state index is 12.5. The first kappa shape index (κ1) is 19.7. The van der Waals surface area contributed by atoms with Crippen LogP contribution in [0.25, 0.3) is 0 Å². The monoisotopic (exact) mass is 365 g/mol. The number of hydrogen-bond donors (Lipinski definition) is 3. The summed E-state index contributed by atoms with van der Waals surface area (Å²) < 4.78 is 0. The second-order valence-electron chi connectivity index (χ2n) is 7.12. The van der Waals surface area contributed by atoms with Crippen molar-refractivity contribution in [3.8, 4) is 0 Å². The van der Waals surface area contributed by atoms with E-state index in [9.17, 15) is 9.59 Å². The van der Waals surface area contributed by atoms with E-state index in [2.05, 4.69) is 10.6 Å². The fourth-order valence-electron chi connectivity index (χ4n) is 3.19. The van der Waals surface area contributed by atoms with Crippen molar-refractivity contribution in [3.05, 3.63) is 28.8 Å². The van der Waals surface area contributed by atoms with Crippen LogP contribution in [0, 0.1) is 0 Å². The first-order valence-electron chi connectivity index (χ1n) is 9.04. The van der Waals surface area contributed by atoms with E-state index in [0.717, 1.165) is 32.1 Å². The molecular formula is C19H28ClN3O2. The van der Waals surface area contributed by atoms with Crippen molar-refractivity contribution in [2.75, 3.05) is 5.32 Å². The van der Waals surface area contributed by atoms with Crippen LogP contribution < -0.4 is 16.4 Å². The van der Waals surface area contributed by atoms with Crippen LogP contribution in [0.15, 0.2) is 18.2 Å². The van der Waals surface area contributed by atoms with E-state index in [0.29, 0.717) is 22.7 Å². The first-order chi connectivity index (χ1) is 11.8. The molecule has 0 aromatic heterocycles. The molecule has 6 heteroatoms. The van der Waals surface area contributed by atoms with Gasteiger partial charge in [-0.2, -0.15) is 0 Å². The lowest BCUT2D eigenvalue weighted by atomic mass is 9.95. The SMILES string of the molecule is CCCC(C)(N)C(=O)Nc1ccc(Cl)c(C(=O)NC2CCCCC2)c1. The minimum absolute atomic E-state index is 0.197. The summed E-state index contributed by atoms with van der Waals surface area (Å²) in [6, 6.07) is 5.12. The largest absolute Gasteiger partial charge is 0.349 e. The lowest BCUT2D eigenvalue weighted by Gasteiger charge is -2.24. The molecule has 1 aromatic rings. The summed E-state index contributed by atoms with van der Waals surface area (Å²) in [7, 11) is 0. The van der Waals surface area contributed by atoms with E-state index in [1.165, 1.54) is 6.42 Å². The Balaban J connectivity index is 2.08. The van der Waals surface area contributed by atoms with Gasteiger partial charge in [-0.3, -0.25) is 9.59 Å². The average molecular weight is 366 g/mol. The van der Waals surface area contributed by atoms with Crippen LogP contribution in [0.1, 0.15) is 69.2 Å².